The molecule has 1 aromatic rings. The summed E-state index contributed by atoms with van der Waals surface area (Å²) in [6.07, 6.45) is 6.11. The van der Waals surface area contributed by atoms with Gasteiger partial charge in [-0.1, -0.05) is 12.8 Å². The van der Waals surface area contributed by atoms with Gasteiger partial charge in [0, 0.05) is 31.3 Å². The summed E-state index contributed by atoms with van der Waals surface area (Å²) < 4.78 is 25.4. The number of carbonyl (C=O) groups is 1. The van der Waals surface area contributed by atoms with Crippen molar-refractivity contribution in [1.82, 2.24) is 14.7 Å². The fourth-order valence-electron chi connectivity index (χ4n) is 4.19. The monoisotopic (exact) mass is 367 g/mol. The molecule has 0 N–H and O–H groups in total. The van der Waals surface area contributed by atoms with Gasteiger partial charge in [0.25, 0.3) is 0 Å². The fraction of sp³-hybridized carbons (Fsp3) is 0.778. The van der Waals surface area contributed by atoms with Gasteiger partial charge in [0.05, 0.1) is 23.2 Å². The highest BCUT2D eigenvalue weighted by molar-refractivity contribution is 7.91. The van der Waals surface area contributed by atoms with Crippen molar-refractivity contribution in [2.24, 2.45) is 5.92 Å². The van der Waals surface area contributed by atoms with E-state index in [0.717, 1.165) is 17.0 Å². The van der Waals surface area contributed by atoms with E-state index < -0.39 is 9.84 Å². The summed E-state index contributed by atoms with van der Waals surface area (Å²) in [6, 6.07) is -0.0723. The summed E-state index contributed by atoms with van der Waals surface area (Å²) in [5.41, 5.74) is 2.93. The van der Waals surface area contributed by atoms with E-state index in [1.165, 1.54) is 25.7 Å². The predicted octanol–water partition coefficient (Wildman–Crippen LogP) is 2.40. The van der Waals surface area contributed by atoms with E-state index in [1.54, 1.807) is 4.90 Å². The summed E-state index contributed by atoms with van der Waals surface area (Å²) >= 11 is 0. The van der Waals surface area contributed by atoms with Gasteiger partial charge < -0.3 is 4.90 Å². The van der Waals surface area contributed by atoms with Crippen LogP contribution in [0.1, 0.15) is 61.5 Å². The Labute approximate surface area is 150 Å². The van der Waals surface area contributed by atoms with Gasteiger partial charge in [0.1, 0.15) is 0 Å². The lowest BCUT2D eigenvalue weighted by molar-refractivity contribution is -0.131. The lowest BCUT2D eigenvalue weighted by atomic mass is 10.0. The number of sulfone groups is 1. The third kappa shape index (κ3) is 4.07. The molecule has 2 fully saturated rings. The molecule has 0 spiro atoms. The van der Waals surface area contributed by atoms with Crippen molar-refractivity contribution < 1.29 is 13.2 Å². The number of aromatic nitrogens is 2. The minimum absolute atomic E-state index is 0.0723. The van der Waals surface area contributed by atoms with E-state index >= 15 is 0 Å². The first kappa shape index (κ1) is 18.4. The minimum Gasteiger partial charge on any atom is -0.341 e. The predicted molar refractivity (Wildman–Crippen MR) is 97.1 cm³/mol. The molecule has 1 amide bonds. The van der Waals surface area contributed by atoms with Crippen LogP contribution in [0.3, 0.4) is 0 Å². The first-order valence-electron chi connectivity index (χ1n) is 9.26. The van der Waals surface area contributed by atoms with Gasteiger partial charge in [-0.05, 0) is 39.0 Å². The Hall–Kier alpha value is -1.37. The quantitative estimate of drug-likeness (QED) is 0.801. The Bertz CT molecular complexity index is 748. The van der Waals surface area contributed by atoms with Crippen molar-refractivity contribution in [2.45, 2.75) is 65.0 Å². The van der Waals surface area contributed by atoms with Gasteiger partial charge in [-0.15, -0.1) is 0 Å². The molecule has 1 aliphatic carbocycles. The van der Waals surface area contributed by atoms with Crippen LogP contribution < -0.4 is 0 Å². The van der Waals surface area contributed by atoms with Gasteiger partial charge in [0.15, 0.2) is 9.84 Å². The molecule has 0 radical (unpaired) electrons. The van der Waals surface area contributed by atoms with Crippen LogP contribution in [0.15, 0.2) is 0 Å². The van der Waals surface area contributed by atoms with Crippen molar-refractivity contribution in [3.05, 3.63) is 17.0 Å². The smallest absolute Gasteiger partial charge is 0.222 e. The average Bonchev–Trinajstić information content (AvgIpc) is 3.23. The molecule has 2 aliphatic rings. The normalized spacial score (nSPS) is 23.2. The molecule has 1 aromatic heterocycles. The summed E-state index contributed by atoms with van der Waals surface area (Å²) in [6.45, 7) is 4.47. The third-order valence-corrected chi connectivity index (χ3v) is 7.54. The van der Waals surface area contributed by atoms with E-state index in [2.05, 4.69) is 5.10 Å². The molecule has 1 atom stereocenters. The molecule has 2 heterocycles. The van der Waals surface area contributed by atoms with E-state index in [-0.39, 0.29) is 23.5 Å². The fourth-order valence-corrected chi connectivity index (χ4v) is 5.88. The molecule has 6 nitrogen and oxygen atoms in total. The summed E-state index contributed by atoms with van der Waals surface area (Å²) in [4.78, 5) is 14.3. The largest absolute Gasteiger partial charge is 0.341 e. The van der Waals surface area contributed by atoms with Crippen molar-refractivity contribution in [3.63, 3.8) is 0 Å². The molecule has 25 heavy (non-hydrogen) atoms. The lowest BCUT2D eigenvalue weighted by Crippen LogP contribution is -2.28. The molecular formula is C18H29N3O3S. The van der Waals surface area contributed by atoms with Crippen LogP contribution >= 0.6 is 0 Å². The van der Waals surface area contributed by atoms with Crippen LogP contribution in [0.5, 0.6) is 0 Å². The number of nitrogens with zero attached hydrogens (tertiary/aromatic N) is 3. The van der Waals surface area contributed by atoms with Crippen LogP contribution in [0.25, 0.3) is 0 Å². The van der Waals surface area contributed by atoms with Crippen LogP contribution in [0, 0.1) is 19.8 Å². The maximum Gasteiger partial charge on any atom is 0.222 e. The second-order valence-corrected chi connectivity index (χ2v) is 9.98. The summed E-state index contributed by atoms with van der Waals surface area (Å²) in [7, 11) is -1.08. The van der Waals surface area contributed by atoms with Crippen molar-refractivity contribution in [1.29, 1.82) is 0 Å². The standard InChI is InChI=1S/C18H29N3O3S/c1-13-17(11-20(3)18(22)10-15-6-4-5-7-15)14(2)21(19-13)16-8-9-25(23,24)12-16/h15-16H,4-12H2,1-3H3/t16-/m0/s1. The molecule has 3 rings (SSSR count). The van der Waals surface area contributed by atoms with E-state index in [1.807, 2.05) is 25.6 Å². The van der Waals surface area contributed by atoms with Crippen molar-refractivity contribution in [2.75, 3.05) is 18.6 Å². The molecule has 1 saturated carbocycles. The van der Waals surface area contributed by atoms with Crippen LogP contribution in [0.4, 0.5) is 0 Å². The first-order valence-corrected chi connectivity index (χ1v) is 11.1. The van der Waals surface area contributed by atoms with Crippen LogP contribution in [0.2, 0.25) is 0 Å². The van der Waals surface area contributed by atoms with Gasteiger partial charge in [-0.2, -0.15) is 5.10 Å². The lowest BCUT2D eigenvalue weighted by Gasteiger charge is -2.20. The highest BCUT2D eigenvalue weighted by Crippen LogP contribution is 2.29. The zero-order valence-electron chi connectivity index (χ0n) is 15.5. The summed E-state index contributed by atoms with van der Waals surface area (Å²) in [5, 5.41) is 4.59. The number of amides is 1. The topological polar surface area (TPSA) is 72.3 Å². The average molecular weight is 368 g/mol. The number of hydrogen-bond donors (Lipinski definition) is 0. The summed E-state index contributed by atoms with van der Waals surface area (Å²) in [5.74, 6) is 1.15. The number of aryl methyl sites for hydroxylation is 1. The molecule has 0 bridgehead atoms. The molecule has 0 unspecified atom stereocenters. The van der Waals surface area contributed by atoms with Gasteiger partial charge >= 0.3 is 0 Å². The van der Waals surface area contributed by atoms with Gasteiger partial charge in [-0.25, -0.2) is 8.42 Å². The minimum atomic E-state index is -2.94. The molecular weight excluding hydrogens is 338 g/mol. The molecule has 0 aromatic carbocycles. The number of carbonyl (C=O) groups excluding carboxylic acids is 1. The Morgan fingerprint density at radius 3 is 2.52 bits per heavy atom. The highest BCUT2D eigenvalue weighted by atomic mass is 32.2. The number of hydrogen-bond acceptors (Lipinski definition) is 4. The highest BCUT2D eigenvalue weighted by Gasteiger charge is 2.31. The van der Waals surface area contributed by atoms with Crippen LogP contribution in [-0.4, -0.2) is 47.6 Å². The Balaban J connectivity index is 1.69. The van der Waals surface area contributed by atoms with Gasteiger partial charge in [0.2, 0.25) is 5.91 Å². The van der Waals surface area contributed by atoms with E-state index in [4.69, 9.17) is 0 Å². The zero-order chi connectivity index (χ0) is 18.2. The van der Waals surface area contributed by atoms with E-state index in [0.29, 0.717) is 25.3 Å². The Kier molecular flexibility index (Phi) is 5.23. The first-order chi connectivity index (χ1) is 11.8. The maximum atomic E-state index is 12.5. The zero-order valence-corrected chi connectivity index (χ0v) is 16.3. The Morgan fingerprint density at radius 1 is 1.24 bits per heavy atom. The van der Waals surface area contributed by atoms with Gasteiger partial charge in [-0.3, -0.25) is 9.48 Å². The molecule has 7 heteroatoms. The van der Waals surface area contributed by atoms with Crippen molar-refractivity contribution in [3.8, 4) is 0 Å². The molecule has 1 aliphatic heterocycles. The number of rotatable bonds is 5. The maximum absolute atomic E-state index is 12.5. The third-order valence-electron chi connectivity index (χ3n) is 5.79. The van der Waals surface area contributed by atoms with Crippen molar-refractivity contribution >= 4 is 15.7 Å². The second-order valence-electron chi connectivity index (χ2n) is 7.76. The SMILES string of the molecule is Cc1nn([C@H]2CCS(=O)(=O)C2)c(C)c1CN(C)C(=O)CC1CCCC1. The van der Waals surface area contributed by atoms with E-state index in [9.17, 15) is 13.2 Å². The second kappa shape index (κ2) is 7.09. The van der Waals surface area contributed by atoms with Crippen LogP contribution in [-0.2, 0) is 21.2 Å². The molecule has 140 valence electrons. The molecule has 1 saturated heterocycles. The Morgan fingerprint density at radius 2 is 1.92 bits per heavy atom.